The molecule has 0 bridgehead atoms. The van der Waals surface area contributed by atoms with Crippen LogP contribution in [-0.2, 0) is 4.74 Å². The summed E-state index contributed by atoms with van der Waals surface area (Å²) in [5.74, 6) is 2.56. The van der Waals surface area contributed by atoms with Crippen LogP contribution in [0, 0.1) is 0 Å². The Morgan fingerprint density at radius 2 is 2.11 bits per heavy atom. The molecule has 2 fully saturated rings. The smallest absolute Gasteiger partial charge is 0.0713 e. The minimum Gasteiger partial charge on any atom is -0.375 e. The van der Waals surface area contributed by atoms with Gasteiger partial charge in [-0.25, -0.2) is 0 Å². The third-order valence-corrected chi connectivity index (χ3v) is 6.50. The summed E-state index contributed by atoms with van der Waals surface area (Å²) in [7, 11) is 0. The first kappa shape index (κ1) is 15.0. The molecule has 106 valence electrons. The minimum absolute atomic E-state index is 0.213. The molecule has 0 aromatic heterocycles. The van der Waals surface area contributed by atoms with Gasteiger partial charge in [-0.15, -0.1) is 0 Å². The van der Waals surface area contributed by atoms with Crippen molar-refractivity contribution in [2.45, 2.75) is 55.9 Å². The van der Waals surface area contributed by atoms with E-state index in [0.717, 1.165) is 13.2 Å². The number of nitrogens with one attached hydrogen (secondary N) is 1. The highest BCUT2D eigenvalue weighted by Crippen LogP contribution is 2.37. The Balaban J connectivity index is 1.83. The summed E-state index contributed by atoms with van der Waals surface area (Å²) in [6.07, 6.45) is 7.10. The molecule has 2 rings (SSSR count). The molecule has 1 N–H and O–H groups in total. The van der Waals surface area contributed by atoms with Gasteiger partial charge in [0.25, 0.3) is 0 Å². The quantitative estimate of drug-likeness (QED) is 0.858. The SMILES string of the molecule is CSC(C)(C)CNC1CCOC2(CCSCC2)C1. The number of hydrogen-bond acceptors (Lipinski definition) is 4. The molecule has 0 aromatic rings. The highest BCUT2D eigenvalue weighted by Gasteiger charge is 2.38. The Kier molecular flexibility index (Phi) is 5.32. The maximum Gasteiger partial charge on any atom is 0.0713 e. The topological polar surface area (TPSA) is 21.3 Å². The van der Waals surface area contributed by atoms with E-state index in [9.17, 15) is 0 Å². The first-order chi connectivity index (χ1) is 8.55. The van der Waals surface area contributed by atoms with Crippen LogP contribution in [0.15, 0.2) is 0 Å². The summed E-state index contributed by atoms with van der Waals surface area (Å²) in [6.45, 7) is 6.68. The van der Waals surface area contributed by atoms with Crippen LogP contribution < -0.4 is 5.32 Å². The molecule has 2 aliphatic heterocycles. The third-order valence-electron chi connectivity index (χ3n) is 4.27. The van der Waals surface area contributed by atoms with E-state index in [1.54, 1.807) is 0 Å². The van der Waals surface area contributed by atoms with E-state index >= 15 is 0 Å². The van der Waals surface area contributed by atoms with Crippen LogP contribution in [0.25, 0.3) is 0 Å². The van der Waals surface area contributed by atoms with Crippen LogP contribution in [-0.4, -0.2) is 47.3 Å². The van der Waals surface area contributed by atoms with Crippen molar-refractivity contribution in [3.05, 3.63) is 0 Å². The van der Waals surface area contributed by atoms with Crippen molar-refractivity contribution in [3.8, 4) is 0 Å². The van der Waals surface area contributed by atoms with E-state index in [2.05, 4.69) is 37.2 Å². The summed E-state index contributed by atoms with van der Waals surface area (Å²) in [5.41, 5.74) is 0.213. The van der Waals surface area contributed by atoms with E-state index in [1.165, 1.54) is 37.2 Å². The van der Waals surface area contributed by atoms with Gasteiger partial charge in [-0.2, -0.15) is 23.5 Å². The predicted octanol–water partition coefficient (Wildman–Crippen LogP) is 3.16. The fourth-order valence-corrected chi connectivity index (χ4v) is 4.22. The first-order valence-electron chi connectivity index (χ1n) is 7.06. The van der Waals surface area contributed by atoms with Gasteiger partial charge in [0.1, 0.15) is 0 Å². The molecule has 18 heavy (non-hydrogen) atoms. The van der Waals surface area contributed by atoms with Gasteiger partial charge in [0, 0.05) is 23.9 Å². The Morgan fingerprint density at radius 3 is 2.78 bits per heavy atom. The monoisotopic (exact) mass is 289 g/mol. The summed E-state index contributed by atoms with van der Waals surface area (Å²) < 4.78 is 6.48. The second-order valence-electron chi connectivity index (χ2n) is 6.18. The van der Waals surface area contributed by atoms with E-state index in [1.807, 2.05) is 11.8 Å². The lowest BCUT2D eigenvalue weighted by Gasteiger charge is -2.44. The zero-order valence-electron chi connectivity index (χ0n) is 12.0. The molecule has 0 aromatic carbocycles. The first-order valence-corrected chi connectivity index (χ1v) is 9.43. The second kappa shape index (κ2) is 6.38. The van der Waals surface area contributed by atoms with Crippen molar-refractivity contribution in [2.24, 2.45) is 0 Å². The van der Waals surface area contributed by atoms with Crippen LogP contribution in [0.2, 0.25) is 0 Å². The lowest BCUT2D eigenvalue weighted by Crippen LogP contribution is -2.50. The molecule has 0 radical (unpaired) electrons. The fraction of sp³-hybridized carbons (Fsp3) is 1.00. The van der Waals surface area contributed by atoms with Gasteiger partial charge >= 0.3 is 0 Å². The Hall–Kier alpha value is 0.620. The van der Waals surface area contributed by atoms with E-state index in [4.69, 9.17) is 4.74 Å². The predicted molar refractivity (Wildman–Crippen MR) is 83.9 cm³/mol. The molecule has 0 aliphatic carbocycles. The Labute approximate surface area is 120 Å². The molecule has 2 heterocycles. The average molecular weight is 290 g/mol. The number of ether oxygens (including phenoxy) is 1. The van der Waals surface area contributed by atoms with Crippen molar-refractivity contribution in [2.75, 3.05) is 30.9 Å². The Morgan fingerprint density at radius 1 is 1.39 bits per heavy atom. The van der Waals surface area contributed by atoms with Gasteiger partial charge in [0.15, 0.2) is 0 Å². The van der Waals surface area contributed by atoms with Gasteiger partial charge in [-0.3, -0.25) is 0 Å². The molecule has 1 unspecified atom stereocenters. The van der Waals surface area contributed by atoms with Crippen molar-refractivity contribution in [3.63, 3.8) is 0 Å². The molecular formula is C14H27NOS2. The lowest BCUT2D eigenvalue weighted by molar-refractivity contribution is -0.0932. The van der Waals surface area contributed by atoms with E-state index in [-0.39, 0.29) is 5.60 Å². The normalized spacial score (nSPS) is 28.5. The molecule has 0 amide bonds. The van der Waals surface area contributed by atoms with Crippen molar-refractivity contribution in [1.29, 1.82) is 0 Å². The van der Waals surface area contributed by atoms with Crippen molar-refractivity contribution >= 4 is 23.5 Å². The molecule has 1 spiro atoms. The number of rotatable bonds is 4. The van der Waals surface area contributed by atoms with Crippen LogP contribution in [0.5, 0.6) is 0 Å². The van der Waals surface area contributed by atoms with Gasteiger partial charge < -0.3 is 10.1 Å². The lowest BCUT2D eigenvalue weighted by atomic mass is 9.85. The zero-order chi connectivity index (χ0) is 13.1. The third kappa shape index (κ3) is 4.06. The molecule has 2 saturated heterocycles. The van der Waals surface area contributed by atoms with Crippen LogP contribution in [0.3, 0.4) is 0 Å². The highest BCUT2D eigenvalue weighted by atomic mass is 32.2. The largest absolute Gasteiger partial charge is 0.375 e. The van der Waals surface area contributed by atoms with Crippen molar-refractivity contribution in [1.82, 2.24) is 5.32 Å². The second-order valence-corrected chi connectivity index (χ2v) is 8.92. The van der Waals surface area contributed by atoms with Crippen molar-refractivity contribution < 1.29 is 4.74 Å². The molecule has 0 saturated carbocycles. The molecule has 2 aliphatic rings. The maximum absolute atomic E-state index is 6.14. The zero-order valence-corrected chi connectivity index (χ0v) is 13.6. The number of hydrogen-bond donors (Lipinski definition) is 1. The van der Waals surface area contributed by atoms with Gasteiger partial charge in [0.2, 0.25) is 0 Å². The highest BCUT2D eigenvalue weighted by molar-refractivity contribution is 8.00. The summed E-state index contributed by atoms with van der Waals surface area (Å²) >= 11 is 4.03. The minimum atomic E-state index is 0.213. The summed E-state index contributed by atoms with van der Waals surface area (Å²) in [5, 5.41) is 3.78. The maximum atomic E-state index is 6.14. The van der Waals surface area contributed by atoms with Crippen LogP contribution in [0.4, 0.5) is 0 Å². The molecule has 1 atom stereocenters. The average Bonchev–Trinajstić information content (AvgIpc) is 2.38. The summed E-state index contributed by atoms with van der Waals surface area (Å²) in [4.78, 5) is 0. The number of thioether (sulfide) groups is 2. The molecule has 2 nitrogen and oxygen atoms in total. The van der Waals surface area contributed by atoms with Gasteiger partial charge in [-0.05, 0) is 57.3 Å². The fourth-order valence-electron chi connectivity index (χ4n) is 2.76. The summed E-state index contributed by atoms with van der Waals surface area (Å²) in [6, 6.07) is 0.660. The van der Waals surface area contributed by atoms with Crippen LogP contribution in [0.1, 0.15) is 39.5 Å². The van der Waals surface area contributed by atoms with E-state index in [0.29, 0.717) is 10.8 Å². The van der Waals surface area contributed by atoms with E-state index < -0.39 is 0 Å². The molecule has 4 heteroatoms. The van der Waals surface area contributed by atoms with Crippen LogP contribution >= 0.6 is 23.5 Å². The Bertz CT molecular complexity index is 259. The van der Waals surface area contributed by atoms with Gasteiger partial charge in [-0.1, -0.05) is 0 Å². The van der Waals surface area contributed by atoms with Gasteiger partial charge in [0.05, 0.1) is 5.60 Å². The standard InChI is InChI=1S/C14H27NOS2/c1-13(2,17-3)11-15-12-4-7-16-14(10-12)5-8-18-9-6-14/h12,15H,4-11H2,1-3H3. The molecular weight excluding hydrogens is 262 g/mol.